The summed E-state index contributed by atoms with van der Waals surface area (Å²) in [5.41, 5.74) is 3.29. The summed E-state index contributed by atoms with van der Waals surface area (Å²) in [6.07, 6.45) is 2.61. The first kappa shape index (κ1) is 21.2. The summed E-state index contributed by atoms with van der Waals surface area (Å²) in [4.78, 5) is 14.1. The predicted octanol–water partition coefficient (Wildman–Crippen LogP) is 2.84. The van der Waals surface area contributed by atoms with Gasteiger partial charge in [-0.25, -0.2) is 0 Å². The van der Waals surface area contributed by atoms with Crippen molar-refractivity contribution in [1.29, 1.82) is 0 Å². The Morgan fingerprint density at radius 2 is 1.95 bits per heavy atom. The molecule has 0 atom stereocenters. The molecule has 2 N–H and O–H groups in total. The van der Waals surface area contributed by atoms with Crippen molar-refractivity contribution in [2.45, 2.75) is 26.3 Å². The lowest BCUT2D eigenvalue weighted by Crippen LogP contribution is -2.30. The van der Waals surface area contributed by atoms with Crippen LogP contribution in [0.5, 0.6) is 0 Å². The highest BCUT2D eigenvalue weighted by atomic mass is 35.5. The summed E-state index contributed by atoms with van der Waals surface area (Å²) in [6, 6.07) is 6.16. The van der Waals surface area contributed by atoms with Crippen LogP contribution in [-0.4, -0.2) is 38.0 Å². The van der Waals surface area contributed by atoms with Crippen LogP contribution in [0, 0.1) is 12.8 Å². The largest absolute Gasteiger partial charge is 0.325 e. The zero-order valence-corrected chi connectivity index (χ0v) is 15.1. The quantitative estimate of drug-likeness (QED) is 0.796. The van der Waals surface area contributed by atoms with Gasteiger partial charge in [0.2, 0.25) is 5.91 Å². The monoisotopic (exact) mass is 347 g/mol. The highest BCUT2D eigenvalue weighted by molar-refractivity contribution is 5.93. The number of benzene rings is 1. The molecule has 0 heterocycles. The topological polar surface area (TPSA) is 44.4 Å². The van der Waals surface area contributed by atoms with Crippen LogP contribution < -0.4 is 10.6 Å². The third-order valence-electron chi connectivity index (χ3n) is 3.44. The number of rotatable bonds is 7. The SMILES string of the molecule is Cc1ccc(NC(=O)CNCC2CC2)c(CN(C)C)c1.Cl.Cl. The van der Waals surface area contributed by atoms with Crippen LogP contribution in [0.25, 0.3) is 0 Å². The van der Waals surface area contributed by atoms with E-state index in [0.717, 1.165) is 30.3 Å². The van der Waals surface area contributed by atoms with Crippen molar-refractivity contribution in [3.8, 4) is 0 Å². The molecule has 126 valence electrons. The minimum Gasteiger partial charge on any atom is -0.325 e. The average Bonchev–Trinajstić information content (AvgIpc) is 3.16. The lowest BCUT2D eigenvalue weighted by molar-refractivity contribution is -0.115. The van der Waals surface area contributed by atoms with Crippen molar-refractivity contribution < 1.29 is 4.79 Å². The van der Waals surface area contributed by atoms with E-state index in [1.807, 2.05) is 26.2 Å². The maximum Gasteiger partial charge on any atom is 0.238 e. The molecule has 1 fully saturated rings. The number of nitrogens with zero attached hydrogens (tertiary/aromatic N) is 1. The van der Waals surface area contributed by atoms with Crippen molar-refractivity contribution in [1.82, 2.24) is 10.2 Å². The first-order valence-corrected chi connectivity index (χ1v) is 7.29. The molecule has 0 unspecified atom stereocenters. The van der Waals surface area contributed by atoms with Gasteiger partial charge in [0.15, 0.2) is 0 Å². The zero-order chi connectivity index (χ0) is 14.5. The van der Waals surface area contributed by atoms with Gasteiger partial charge in [-0.05, 0) is 58.0 Å². The molecule has 0 saturated heterocycles. The Hall–Kier alpha value is -0.810. The van der Waals surface area contributed by atoms with Crippen molar-refractivity contribution in [2.75, 3.05) is 32.5 Å². The molecule has 1 aromatic rings. The third kappa shape index (κ3) is 7.45. The van der Waals surface area contributed by atoms with Gasteiger partial charge in [-0.15, -0.1) is 24.8 Å². The minimum absolute atomic E-state index is 0. The lowest BCUT2D eigenvalue weighted by atomic mass is 10.1. The molecule has 22 heavy (non-hydrogen) atoms. The van der Waals surface area contributed by atoms with Crippen LogP contribution in [-0.2, 0) is 11.3 Å². The minimum atomic E-state index is 0. The van der Waals surface area contributed by atoms with Crippen LogP contribution >= 0.6 is 24.8 Å². The maximum atomic E-state index is 12.0. The van der Waals surface area contributed by atoms with E-state index in [9.17, 15) is 4.79 Å². The summed E-state index contributed by atoms with van der Waals surface area (Å²) in [5.74, 6) is 0.834. The Morgan fingerprint density at radius 3 is 2.55 bits per heavy atom. The highest BCUT2D eigenvalue weighted by Gasteiger charge is 2.20. The number of hydrogen-bond donors (Lipinski definition) is 2. The average molecular weight is 348 g/mol. The van der Waals surface area contributed by atoms with Crippen LogP contribution in [0.1, 0.15) is 24.0 Å². The second kappa shape index (κ2) is 10.1. The van der Waals surface area contributed by atoms with Crippen LogP contribution in [0.4, 0.5) is 5.69 Å². The molecule has 0 aromatic heterocycles. The summed E-state index contributed by atoms with van der Waals surface area (Å²) >= 11 is 0. The van der Waals surface area contributed by atoms with Gasteiger partial charge in [0, 0.05) is 12.2 Å². The molecular formula is C16H27Cl2N3O. The van der Waals surface area contributed by atoms with E-state index in [2.05, 4.69) is 28.5 Å². The summed E-state index contributed by atoms with van der Waals surface area (Å²) in [7, 11) is 4.07. The third-order valence-corrected chi connectivity index (χ3v) is 3.44. The smallest absolute Gasteiger partial charge is 0.238 e. The fourth-order valence-corrected chi connectivity index (χ4v) is 2.22. The van der Waals surface area contributed by atoms with E-state index in [0.29, 0.717) is 6.54 Å². The number of amides is 1. The van der Waals surface area contributed by atoms with Gasteiger partial charge in [0.25, 0.3) is 0 Å². The summed E-state index contributed by atoms with van der Waals surface area (Å²) < 4.78 is 0. The van der Waals surface area contributed by atoms with Gasteiger partial charge < -0.3 is 15.5 Å². The van der Waals surface area contributed by atoms with E-state index in [1.165, 1.54) is 18.4 Å². The number of hydrogen-bond acceptors (Lipinski definition) is 3. The Morgan fingerprint density at radius 1 is 1.27 bits per heavy atom. The molecule has 4 nitrogen and oxygen atoms in total. The van der Waals surface area contributed by atoms with E-state index in [4.69, 9.17) is 0 Å². The Balaban J connectivity index is 0.00000220. The second-order valence-corrected chi connectivity index (χ2v) is 6.02. The first-order valence-electron chi connectivity index (χ1n) is 7.29. The van der Waals surface area contributed by atoms with E-state index in [1.54, 1.807) is 0 Å². The molecule has 1 aromatic carbocycles. The maximum absolute atomic E-state index is 12.0. The molecule has 6 heteroatoms. The fourth-order valence-electron chi connectivity index (χ4n) is 2.22. The van der Waals surface area contributed by atoms with Crippen molar-refractivity contribution in [3.63, 3.8) is 0 Å². The number of carbonyl (C=O) groups excluding carboxylic acids is 1. The highest BCUT2D eigenvalue weighted by Crippen LogP contribution is 2.27. The fraction of sp³-hybridized carbons (Fsp3) is 0.562. The molecule has 0 bridgehead atoms. The number of aryl methyl sites for hydroxylation is 1. The normalized spacial score (nSPS) is 13.3. The molecule has 1 aliphatic rings. The first-order chi connectivity index (χ1) is 9.54. The zero-order valence-electron chi connectivity index (χ0n) is 13.5. The van der Waals surface area contributed by atoms with Crippen LogP contribution in [0.3, 0.4) is 0 Å². The van der Waals surface area contributed by atoms with Crippen molar-refractivity contribution in [2.24, 2.45) is 5.92 Å². The lowest BCUT2D eigenvalue weighted by Gasteiger charge is -2.16. The van der Waals surface area contributed by atoms with Crippen molar-refractivity contribution in [3.05, 3.63) is 29.3 Å². The number of anilines is 1. The van der Waals surface area contributed by atoms with Gasteiger partial charge >= 0.3 is 0 Å². The summed E-state index contributed by atoms with van der Waals surface area (Å²) in [5, 5.41) is 6.23. The van der Waals surface area contributed by atoms with Gasteiger partial charge in [0.1, 0.15) is 0 Å². The standard InChI is InChI=1S/C16H25N3O.2ClH/c1-12-4-7-15(14(8-12)11-19(2)3)18-16(20)10-17-9-13-5-6-13;;/h4,7-8,13,17H,5-6,9-11H2,1-3H3,(H,18,20);2*1H. The molecule has 0 radical (unpaired) electrons. The van der Waals surface area contributed by atoms with E-state index >= 15 is 0 Å². The molecule has 1 saturated carbocycles. The number of carbonyl (C=O) groups is 1. The van der Waals surface area contributed by atoms with Gasteiger partial charge in [0.05, 0.1) is 6.54 Å². The van der Waals surface area contributed by atoms with E-state index < -0.39 is 0 Å². The molecular weight excluding hydrogens is 321 g/mol. The molecule has 2 rings (SSSR count). The Labute approximate surface area is 145 Å². The predicted molar refractivity (Wildman–Crippen MR) is 97.3 cm³/mol. The molecule has 1 amide bonds. The number of halogens is 2. The van der Waals surface area contributed by atoms with Gasteiger partial charge in [-0.1, -0.05) is 17.7 Å². The second-order valence-electron chi connectivity index (χ2n) is 6.02. The van der Waals surface area contributed by atoms with E-state index in [-0.39, 0.29) is 30.7 Å². The van der Waals surface area contributed by atoms with Crippen LogP contribution in [0.2, 0.25) is 0 Å². The summed E-state index contributed by atoms with van der Waals surface area (Å²) in [6.45, 7) is 4.26. The molecule has 1 aliphatic carbocycles. The number of nitrogens with one attached hydrogen (secondary N) is 2. The van der Waals surface area contributed by atoms with Crippen LogP contribution in [0.15, 0.2) is 18.2 Å². The van der Waals surface area contributed by atoms with Gasteiger partial charge in [-0.2, -0.15) is 0 Å². The Bertz CT molecular complexity index is 476. The Kier molecular flexibility index (Phi) is 9.69. The molecule has 0 aliphatic heterocycles. The van der Waals surface area contributed by atoms with Gasteiger partial charge in [-0.3, -0.25) is 4.79 Å². The molecule has 0 spiro atoms. The van der Waals surface area contributed by atoms with Crippen molar-refractivity contribution >= 4 is 36.4 Å².